The third kappa shape index (κ3) is 4.61. The van der Waals surface area contributed by atoms with Crippen molar-refractivity contribution in [3.63, 3.8) is 0 Å². The lowest BCUT2D eigenvalue weighted by atomic mass is 10.5. The van der Waals surface area contributed by atoms with Gasteiger partial charge in [0.2, 0.25) is 11.2 Å². The molecule has 0 saturated carbocycles. The number of anilines is 1. The molecule has 1 amide bonds. The molecule has 0 atom stereocenters. The van der Waals surface area contributed by atoms with Crippen LogP contribution in [-0.2, 0) is 9.53 Å². The minimum Gasteiger partial charge on any atom is -0.370 e. The first kappa shape index (κ1) is 13.0. The summed E-state index contributed by atoms with van der Waals surface area (Å²) in [7, 11) is 0. The number of nitrogens with zero attached hydrogens (tertiary/aromatic N) is 2. The van der Waals surface area contributed by atoms with E-state index in [2.05, 4.69) is 15.3 Å². The van der Waals surface area contributed by atoms with Gasteiger partial charge in [0.1, 0.15) is 17.4 Å². The van der Waals surface area contributed by atoms with Gasteiger partial charge < -0.3 is 15.8 Å². The van der Waals surface area contributed by atoms with E-state index < -0.39 is 5.91 Å². The van der Waals surface area contributed by atoms with Crippen LogP contribution >= 0.6 is 23.2 Å². The number of nitrogens with one attached hydrogen (secondary N) is 1. The molecule has 8 heteroatoms. The van der Waals surface area contributed by atoms with Crippen LogP contribution in [0.15, 0.2) is 6.20 Å². The third-order valence-electron chi connectivity index (χ3n) is 1.50. The van der Waals surface area contributed by atoms with E-state index in [0.717, 1.165) is 0 Å². The minimum atomic E-state index is -0.511. The molecule has 0 aromatic carbocycles. The van der Waals surface area contributed by atoms with E-state index in [1.54, 1.807) is 0 Å². The summed E-state index contributed by atoms with van der Waals surface area (Å²) in [6.45, 7) is 0.626. The van der Waals surface area contributed by atoms with Gasteiger partial charge >= 0.3 is 0 Å². The Bertz CT molecular complexity index is 375. The van der Waals surface area contributed by atoms with Gasteiger partial charge in [-0.3, -0.25) is 4.79 Å². The molecule has 0 aliphatic heterocycles. The Morgan fingerprint density at radius 1 is 1.56 bits per heavy atom. The van der Waals surface area contributed by atoms with Crippen LogP contribution in [0.5, 0.6) is 0 Å². The molecule has 0 bridgehead atoms. The van der Waals surface area contributed by atoms with E-state index >= 15 is 0 Å². The van der Waals surface area contributed by atoms with Gasteiger partial charge in [-0.2, -0.15) is 4.98 Å². The quantitative estimate of drug-likeness (QED) is 0.583. The molecular formula is C8H10Cl2N4O2. The van der Waals surface area contributed by atoms with E-state index in [1.165, 1.54) is 6.20 Å². The van der Waals surface area contributed by atoms with Gasteiger partial charge in [0, 0.05) is 6.54 Å². The Balaban J connectivity index is 2.31. The molecule has 0 saturated heterocycles. The van der Waals surface area contributed by atoms with Crippen molar-refractivity contribution < 1.29 is 9.53 Å². The molecule has 0 fully saturated rings. The molecule has 1 rings (SSSR count). The number of rotatable bonds is 6. The molecule has 0 spiro atoms. The van der Waals surface area contributed by atoms with Crippen LogP contribution in [0.4, 0.5) is 5.82 Å². The summed E-state index contributed by atoms with van der Waals surface area (Å²) in [6.07, 6.45) is 1.39. The Kier molecular flexibility index (Phi) is 5.24. The summed E-state index contributed by atoms with van der Waals surface area (Å²) in [5.74, 6) is -0.0903. The molecule has 0 unspecified atom stereocenters. The Morgan fingerprint density at radius 3 is 3.00 bits per heavy atom. The van der Waals surface area contributed by atoms with Crippen molar-refractivity contribution in [3.8, 4) is 0 Å². The molecule has 0 radical (unpaired) electrons. The first-order valence-electron chi connectivity index (χ1n) is 4.37. The minimum absolute atomic E-state index is 0.102. The van der Waals surface area contributed by atoms with Crippen LogP contribution < -0.4 is 11.1 Å². The molecule has 3 N–H and O–H groups in total. The van der Waals surface area contributed by atoms with E-state index in [-0.39, 0.29) is 11.9 Å². The number of nitrogens with two attached hydrogens (primary N) is 1. The summed E-state index contributed by atoms with van der Waals surface area (Å²) in [6, 6.07) is 0. The van der Waals surface area contributed by atoms with Crippen LogP contribution in [0.3, 0.4) is 0 Å². The summed E-state index contributed by atoms with van der Waals surface area (Å²) in [5, 5.41) is 3.35. The largest absolute Gasteiger partial charge is 0.370 e. The highest BCUT2D eigenvalue weighted by Crippen LogP contribution is 2.18. The normalized spacial score (nSPS) is 10.1. The van der Waals surface area contributed by atoms with Gasteiger partial charge in [0.25, 0.3) is 0 Å². The lowest BCUT2D eigenvalue weighted by molar-refractivity contribution is -0.122. The zero-order valence-corrected chi connectivity index (χ0v) is 9.75. The number of aromatic nitrogens is 2. The molecule has 6 nitrogen and oxygen atoms in total. The van der Waals surface area contributed by atoms with Crippen LogP contribution in [-0.4, -0.2) is 35.6 Å². The van der Waals surface area contributed by atoms with E-state index in [4.69, 9.17) is 33.7 Å². The van der Waals surface area contributed by atoms with Gasteiger partial charge in [-0.05, 0) is 11.6 Å². The van der Waals surface area contributed by atoms with Gasteiger partial charge in [0.15, 0.2) is 0 Å². The fourth-order valence-electron chi connectivity index (χ4n) is 0.884. The maximum absolute atomic E-state index is 10.3. The lowest BCUT2D eigenvalue weighted by Crippen LogP contribution is -2.20. The second kappa shape index (κ2) is 6.47. The van der Waals surface area contributed by atoms with E-state index in [0.29, 0.717) is 24.0 Å². The Morgan fingerprint density at radius 2 is 2.31 bits per heavy atom. The van der Waals surface area contributed by atoms with Crippen LogP contribution in [0.2, 0.25) is 10.3 Å². The smallest absolute Gasteiger partial charge is 0.243 e. The van der Waals surface area contributed by atoms with Crippen molar-refractivity contribution in [2.45, 2.75) is 0 Å². The Hall–Kier alpha value is -1.11. The fourth-order valence-corrected chi connectivity index (χ4v) is 1.18. The molecule has 88 valence electrons. The Labute approximate surface area is 102 Å². The number of hydrogen-bond donors (Lipinski definition) is 2. The first-order chi connectivity index (χ1) is 7.59. The fraction of sp³-hybridized carbons (Fsp3) is 0.375. The number of halogens is 2. The van der Waals surface area contributed by atoms with Gasteiger partial charge in [-0.15, -0.1) is 0 Å². The number of hydrogen-bond acceptors (Lipinski definition) is 5. The second-order valence-electron chi connectivity index (χ2n) is 2.78. The summed E-state index contributed by atoms with van der Waals surface area (Å²) >= 11 is 11.4. The highest BCUT2D eigenvalue weighted by molar-refractivity contribution is 6.33. The first-order valence-corrected chi connectivity index (χ1v) is 5.13. The third-order valence-corrected chi connectivity index (χ3v) is 1.96. The van der Waals surface area contributed by atoms with Crippen molar-refractivity contribution in [1.82, 2.24) is 9.97 Å². The van der Waals surface area contributed by atoms with Crippen LogP contribution in [0.25, 0.3) is 0 Å². The molecule has 16 heavy (non-hydrogen) atoms. The molecule has 0 aliphatic carbocycles. The van der Waals surface area contributed by atoms with Crippen molar-refractivity contribution in [2.75, 3.05) is 25.1 Å². The topological polar surface area (TPSA) is 90.1 Å². The number of carbonyl (C=O) groups excluding carboxylic acids is 1. The van der Waals surface area contributed by atoms with Crippen molar-refractivity contribution >= 4 is 34.9 Å². The maximum atomic E-state index is 10.3. The SMILES string of the molecule is NC(=O)COCCNc1nc(Cl)ncc1Cl. The van der Waals surface area contributed by atoms with Gasteiger partial charge in [-0.1, -0.05) is 11.6 Å². The van der Waals surface area contributed by atoms with Crippen molar-refractivity contribution in [1.29, 1.82) is 0 Å². The highest BCUT2D eigenvalue weighted by Gasteiger charge is 2.03. The standard InChI is InChI=1S/C8H10Cl2N4O2/c9-5-3-13-8(10)14-7(5)12-1-2-16-4-6(11)15/h3H,1-2,4H2,(H2,11,15)(H,12,13,14). The number of amides is 1. The second-order valence-corrected chi connectivity index (χ2v) is 3.53. The van der Waals surface area contributed by atoms with Crippen molar-refractivity contribution in [3.05, 3.63) is 16.5 Å². The van der Waals surface area contributed by atoms with E-state index in [9.17, 15) is 4.79 Å². The molecule has 0 aliphatic rings. The lowest BCUT2D eigenvalue weighted by Gasteiger charge is -2.06. The van der Waals surface area contributed by atoms with Crippen LogP contribution in [0.1, 0.15) is 0 Å². The van der Waals surface area contributed by atoms with Crippen LogP contribution in [0, 0.1) is 0 Å². The number of primary amides is 1. The summed E-state index contributed by atoms with van der Waals surface area (Å²) in [5.41, 5.74) is 4.89. The number of carbonyl (C=O) groups is 1. The van der Waals surface area contributed by atoms with Gasteiger partial charge in [-0.25, -0.2) is 4.98 Å². The molecule has 1 aromatic rings. The molecular weight excluding hydrogens is 255 g/mol. The predicted octanol–water partition coefficient (Wildman–Crippen LogP) is 0.697. The van der Waals surface area contributed by atoms with E-state index in [1.807, 2.05) is 0 Å². The molecule has 1 aromatic heterocycles. The highest BCUT2D eigenvalue weighted by atomic mass is 35.5. The summed E-state index contributed by atoms with van der Waals surface area (Å²) in [4.78, 5) is 17.9. The van der Waals surface area contributed by atoms with Gasteiger partial charge in [0.05, 0.1) is 12.8 Å². The average molecular weight is 265 g/mol. The summed E-state index contributed by atoms with van der Waals surface area (Å²) < 4.78 is 4.93. The molecule has 1 heterocycles. The van der Waals surface area contributed by atoms with Crippen molar-refractivity contribution in [2.24, 2.45) is 5.73 Å². The maximum Gasteiger partial charge on any atom is 0.243 e. The zero-order chi connectivity index (χ0) is 12.0. The predicted molar refractivity (Wildman–Crippen MR) is 60.6 cm³/mol. The monoisotopic (exact) mass is 264 g/mol. The average Bonchev–Trinajstić information content (AvgIpc) is 2.22. The zero-order valence-electron chi connectivity index (χ0n) is 8.24. The number of ether oxygens (including phenoxy) is 1.